The molecule has 1 fully saturated rings. The maximum absolute atomic E-state index is 13.4. The van der Waals surface area contributed by atoms with E-state index in [2.05, 4.69) is 10.6 Å². The Morgan fingerprint density at radius 2 is 1.74 bits per heavy atom. The minimum Gasteiger partial charge on any atom is -0.502 e. The first-order valence-electron chi connectivity index (χ1n) is 11.1. The summed E-state index contributed by atoms with van der Waals surface area (Å²) in [4.78, 5) is 62.4. The molecule has 4 N–H and O–H groups in total. The number of carbonyl (C=O) groups is 5. The van der Waals surface area contributed by atoms with Gasteiger partial charge in [0.1, 0.15) is 18.4 Å². The minimum absolute atomic E-state index is 0.0179. The van der Waals surface area contributed by atoms with Crippen molar-refractivity contribution < 1.29 is 43.7 Å². The number of rotatable bonds is 11. The van der Waals surface area contributed by atoms with Crippen molar-refractivity contribution in [2.45, 2.75) is 51.2 Å². The van der Waals surface area contributed by atoms with Gasteiger partial charge in [-0.25, -0.2) is 0 Å². The number of aldehydes is 1. The number of hydrogen-bond donors (Lipinski definition) is 4. The molecule has 1 saturated heterocycles. The summed E-state index contributed by atoms with van der Waals surface area (Å²) in [5.74, 6) is -3.55. The van der Waals surface area contributed by atoms with Gasteiger partial charge >= 0.3 is 5.97 Å². The third-order valence-electron chi connectivity index (χ3n) is 5.69. The number of methoxy groups -OCH3 is 2. The topological polar surface area (TPSA) is 172 Å². The first-order chi connectivity index (χ1) is 16.5. The van der Waals surface area contributed by atoms with Crippen molar-refractivity contribution in [2.75, 3.05) is 20.8 Å². The third-order valence-corrected chi connectivity index (χ3v) is 5.69. The number of nitrogens with one attached hydrogen (secondary N) is 2. The van der Waals surface area contributed by atoms with Crippen molar-refractivity contribution in [3.63, 3.8) is 0 Å². The number of benzene rings is 1. The largest absolute Gasteiger partial charge is 0.502 e. The van der Waals surface area contributed by atoms with Crippen molar-refractivity contribution in [3.8, 4) is 17.2 Å². The van der Waals surface area contributed by atoms with Crippen LogP contribution >= 0.6 is 0 Å². The Hall–Kier alpha value is -3.83. The van der Waals surface area contributed by atoms with Crippen LogP contribution in [0.1, 0.15) is 43.5 Å². The smallest absolute Gasteiger partial charge is 0.305 e. The van der Waals surface area contributed by atoms with Gasteiger partial charge in [0.2, 0.25) is 17.6 Å². The van der Waals surface area contributed by atoms with Crippen LogP contribution in [-0.4, -0.2) is 84.0 Å². The molecule has 0 aromatic heterocycles. The number of carboxylic acids is 1. The van der Waals surface area contributed by atoms with Crippen LogP contribution in [0.15, 0.2) is 12.1 Å². The number of carboxylic acid groups (broad SMARTS) is 1. The number of phenols is 1. The summed E-state index contributed by atoms with van der Waals surface area (Å²) < 4.78 is 10.1. The Morgan fingerprint density at radius 3 is 2.23 bits per heavy atom. The third kappa shape index (κ3) is 6.61. The molecule has 2 rings (SSSR count). The first kappa shape index (κ1) is 27.4. The number of hydrogen-bond acceptors (Lipinski definition) is 8. The summed E-state index contributed by atoms with van der Waals surface area (Å²) in [6.07, 6.45) is 0.631. The van der Waals surface area contributed by atoms with Gasteiger partial charge in [-0.2, -0.15) is 0 Å². The number of amides is 3. The summed E-state index contributed by atoms with van der Waals surface area (Å²) in [6, 6.07) is -0.474. The van der Waals surface area contributed by atoms with Crippen LogP contribution < -0.4 is 20.1 Å². The van der Waals surface area contributed by atoms with Crippen LogP contribution in [0.4, 0.5) is 0 Å². The second-order valence-electron chi connectivity index (χ2n) is 8.46. The van der Waals surface area contributed by atoms with E-state index in [4.69, 9.17) is 14.6 Å². The molecule has 1 aromatic rings. The van der Waals surface area contributed by atoms with E-state index >= 15 is 0 Å². The van der Waals surface area contributed by atoms with E-state index in [9.17, 15) is 29.1 Å². The number of ether oxygens (including phenoxy) is 2. The second-order valence-corrected chi connectivity index (χ2v) is 8.46. The molecule has 12 heteroatoms. The molecular formula is C23H31N3O9. The lowest BCUT2D eigenvalue weighted by molar-refractivity contribution is -0.142. The van der Waals surface area contributed by atoms with Crippen LogP contribution in [0.25, 0.3) is 0 Å². The molecular weight excluding hydrogens is 462 g/mol. The van der Waals surface area contributed by atoms with Crippen molar-refractivity contribution in [3.05, 3.63) is 17.7 Å². The highest BCUT2D eigenvalue weighted by atomic mass is 16.5. The fraction of sp³-hybridized carbons (Fsp3) is 0.522. The van der Waals surface area contributed by atoms with Gasteiger partial charge in [0.15, 0.2) is 11.5 Å². The lowest BCUT2D eigenvalue weighted by atomic mass is 10.0. The molecule has 192 valence electrons. The monoisotopic (exact) mass is 493 g/mol. The number of aliphatic carboxylic acids is 1. The van der Waals surface area contributed by atoms with Crippen LogP contribution in [0.2, 0.25) is 0 Å². The van der Waals surface area contributed by atoms with E-state index in [1.807, 2.05) is 0 Å². The van der Waals surface area contributed by atoms with Crippen molar-refractivity contribution in [1.29, 1.82) is 0 Å². The zero-order valence-corrected chi connectivity index (χ0v) is 20.1. The predicted octanol–water partition coefficient (Wildman–Crippen LogP) is 0.313. The summed E-state index contributed by atoms with van der Waals surface area (Å²) in [7, 11) is 2.64. The van der Waals surface area contributed by atoms with Gasteiger partial charge in [-0.05, 0) is 30.9 Å². The van der Waals surface area contributed by atoms with Gasteiger partial charge < -0.3 is 40.0 Å². The Balaban J connectivity index is 2.21. The molecule has 0 bridgehead atoms. The van der Waals surface area contributed by atoms with Gasteiger partial charge in [-0.15, -0.1) is 0 Å². The van der Waals surface area contributed by atoms with Crippen LogP contribution in [0.3, 0.4) is 0 Å². The molecule has 12 nitrogen and oxygen atoms in total. The van der Waals surface area contributed by atoms with Gasteiger partial charge in [0, 0.05) is 12.1 Å². The fourth-order valence-electron chi connectivity index (χ4n) is 3.84. The lowest BCUT2D eigenvalue weighted by Crippen LogP contribution is -2.56. The van der Waals surface area contributed by atoms with E-state index in [-0.39, 0.29) is 35.3 Å². The van der Waals surface area contributed by atoms with Crippen LogP contribution in [0.5, 0.6) is 17.2 Å². The highest BCUT2D eigenvalue weighted by Gasteiger charge is 2.39. The average Bonchev–Trinajstić information content (AvgIpc) is 3.31. The summed E-state index contributed by atoms with van der Waals surface area (Å²) in [5.41, 5.74) is 0.0909. The number of carbonyl (C=O) groups excluding carboxylic acids is 4. The predicted molar refractivity (Wildman–Crippen MR) is 122 cm³/mol. The molecule has 1 aromatic carbocycles. The van der Waals surface area contributed by atoms with E-state index in [1.54, 1.807) is 13.8 Å². The fourth-order valence-corrected chi connectivity index (χ4v) is 3.84. The Bertz CT molecular complexity index is 954. The molecule has 3 atom stereocenters. The van der Waals surface area contributed by atoms with Crippen LogP contribution in [0, 0.1) is 5.92 Å². The summed E-state index contributed by atoms with van der Waals surface area (Å²) in [6.45, 7) is 3.74. The Morgan fingerprint density at radius 1 is 1.14 bits per heavy atom. The van der Waals surface area contributed by atoms with Crippen molar-refractivity contribution in [1.82, 2.24) is 15.5 Å². The Kier molecular flexibility index (Phi) is 9.43. The molecule has 3 amide bonds. The maximum Gasteiger partial charge on any atom is 0.305 e. The highest BCUT2D eigenvalue weighted by Crippen LogP contribution is 2.37. The molecule has 35 heavy (non-hydrogen) atoms. The summed E-state index contributed by atoms with van der Waals surface area (Å²) in [5, 5.41) is 24.0. The quantitative estimate of drug-likeness (QED) is 0.317. The SMILES string of the molecule is COc1cc(C(=O)N[C@H](C(=O)N2CCC[C@H]2C(=O)N[C@H](C=O)CC(=O)O)C(C)C)cc(OC)c1O. The zero-order valence-electron chi connectivity index (χ0n) is 20.1. The molecule has 0 radical (unpaired) electrons. The normalized spacial score (nSPS) is 16.8. The van der Waals surface area contributed by atoms with E-state index < -0.39 is 48.2 Å². The lowest BCUT2D eigenvalue weighted by Gasteiger charge is -2.31. The minimum atomic E-state index is -1.24. The van der Waals surface area contributed by atoms with Gasteiger partial charge in [-0.3, -0.25) is 19.2 Å². The first-order valence-corrected chi connectivity index (χ1v) is 11.1. The highest BCUT2D eigenvalue weighted by molar-refractivity contribution is 5.99. The van der Waals surface area contributed by atoms with Gasteiger partial charge in [0.05, 0.1) is 26.7 Å². The maximum atomic E-state index is 13.4. The molecule has 0 unspecified atom stereocenters. The number of phenolic OH excluding ortho intramolecular Hbond substituents is 1. The van der Waals surface area contributed by atoms with E-state index in [0.717, 1.165) is 0 Å². The Labute approximate surface area is 202 Å². The molecule has 0 aliphatic carbocycles. The van der Waals surface area contributed by atoms with Crippen molar-refractivity contribution in [2.24, 2.45) is 5.92 Å². The van der Waals surface area contributed by atoms with Gasteiger partial charge in [-0.1, -0.05) is 13.8 Å². The van der Waals surface area contributed by atoms with Crippen LogP contribution in [-0.2, 0) is 19.2 Å². The van der Waals surface area contributed by atoms with E-state index in [0.29, 0.717) is 19.1 Å². The molecule has 0 spiro atoms. The average molecular weight is 494 g/mol. The molecule has 0 saturated carbocycles. The van der Waals surface area contributed by atoms with E-state index in [1.165, 1.54) is 31.3 Å². The van der Waals surface area contributed by atoms with Gasteiger partial charge in [0.25, 0.3) is 5.91 Å². The van der Waals surface area contributed by atoms with Crippen molar-refractivity contribution >= 4 is 30.0 Å². The number of aromatic hydroxyl groups is 1. The number of likely N-dealkylation sites (tertiary alicyclic amines) is 1. The number of nitrogens with zero attached hydrogens (tertiary/aromatic N) is 1. The molecule has 1 aliphatic heterocycles. The second kappa shape index (κ2) is 12.0. The zero-order chi connectivity index (χ0) is 26.3. The summed E-state index contributed by atoms with van der Waals surface area (Å²) >= 11 is 0. The molecule has 1 heterocycles. The standard InChI is InChI=1S/C23H31N3O9/c1-12(2)19(25-21(31)13-8-16(34-3)20(30)17(9-13)35-4)23(33)26-7-5-6-15(26)22(32)24-14(11-27)10-18(28)29/h8-9,11-12,14-15,19,30H,5-7,10H2,1-4H3,(H,24,32)(H,25,31)(H,28,29)/t14-,15-,19-/m0/s1. The molecule has 1 aliphatic rings.